The van der Waals surface area contributed by atoms with Gasteiger partial charge in [0.25, 0.3) is 5.88 Å². The minimum atomic E-state index is -0.537. The van der Waals surface area contributed by atoms with Crippen molar-refractivity contribution in [3.63, 3.8) is 0 Å². The van der Waals surface area contributed by atoms with Crippen LogP contribution in [0.2, 0.25) is 0 Å². The molecule has 1 aromatic heterocycles. The van der Waals surface area contributed by atoms with Crippen molar-refractivity contribution in [2.45, 2.75) is 33.2 Å². The zero-order valence-electron chi connectivity index (χ0n) is 11.0. The molecule has 0 spiro atoms. The first kappa shape index (κ1) is 14.1. The maximum atomic E-state index is 11.0. The van der Waals surface area contributed by atoms with Gasteiger partial charge in [-0.1, -0.05) is 20.3 Å². The topological polar surface area (TPSA) is 90.2 Å². The second-order valence-corrected chi connectivity index (χ2v) is 4.16. The van der Waals surface area contributed by atoms with E-state index < -0.39 is 4.92 Å². The number of nitrogens with one attached hydrogen (secondary N) is 1. The van der Waals surface area contributed by atoms with Crippen molar-refractivity contribution in [3.05, 3.63) is 16.4 Å². The van der Waals surface area contributed by atoms with Gasteiger partial charge in [0, 0.05) is 6.04 Å². The predicted octanol–water partition coefficient (Wildman–Crippen LogP) is 2.24. The van der Waals surface area contributed by atoms with Gasteiger partial charge in [-0.2, -0.15) is 4.98 Å². The van der Waals surface area contributed by atoms with Crippen LogP contribution in [-0.4, -0.2) is 28.0 Å². The van der Waals surface area contributed by atoms with Crippen LogP contribution in [0.15, 0.2) is 6.33 Å². The smallest absolute Gasteiger partial charge is 0.372 e. The van der Waals surface area contributed by atoms with Crippen LogP contribution in [0.5, 0.6) is 5.88 Å². The highest BCUT2D eigenvalue weighted by Gasteiger charge is 2.25. The van der Waals surface area contributed by atoms with E-state index in [0.717, 1.165) is 6.42 Å². The molecule has 0 aromatic carbocycles. The van der Waals surface area contributed by atoms with Gasteiger partial charge in [0.15, 0.2) is 0 Å². The van der Waals surface area contributed by atoms with Gasteiger partial charge in [-0.15, -0.1) is 0 Å². The highest BCUT2D eigenvalue weighted by Crippen LogP contribution is 2.31. The molecule has 0 fully saturated rings. The van der Waals surface area contributed by atoms with Gasteiger partial charge < -0.3 is 10.1 Å². The van der Waals surface area contributed by atoms with E-state index in [1.54, 1.807) is 0 Å². The maximum absolute atomic E-state index is 11.0. The molecule has 0 radical (unpaired) electrons. The molecule has 7 nitrogen and oxygen atoms in total. The van der Waals surface area contributed by atoms with Crippen LogP contribution >= 0.6 is 0 Å². The van der Waals surface area contributed by atoms with E-state index in [4.69, 9.17) is 4.74 Å². The molecule has 1 N–H and O–H groups in total. The van der Waals surface area contributed by atoms with E-state index in [9.17, 15) is 10.1 Å². The Morgan fingerprint density at radius 1 is 1.50 bits per heavy atom. The molecule has 0 aliphatic rings. The summed E-state index contributed by atoms with van der Waals surface area (Å²) >= 11 is 0. The molecule has 0 aliphatic carbocycles. The minimum Gasteiger partial charge on any atom is -0.476 e. The fourth-order valence-electron chi connectivity index (χ4n) is 1.49. The van der Waals surface area contributed by atoms with Crippen molar-refractivity contribution in [2.24, 2.45) is 5.92 Å². The standard InChI is InChI=1S/C11H18N4O3/c1-5-7(2)8(3)14-10-9(15(16)17)11(18-4)13-6-12-10/h6-8H,5H2,1-4H3,(H,12,13,14). The quantitative estimate of drug-likeness (QED) is 0.618. The lowest BCUT2D eigenvalue weighted by Gasteiger charge is -2.20. The summed E-state index contributed by atoms with van der Waals surface area (Å²) in [6.45, 7) is 6.10. The first-order chi connectivity index (χ1) is 8.51. The van der Waals surface area contributed by atoms with Gasteiger partial charge in [-0.25, -0.2) is 4.98 Å². The molecule has 1 aromatic rings. The summed E-state index contributed by atoms with van der Waals surface area (Å²) in [7, 11) is 1.34. The summed E-state index contributed by atoms with van der Waals surface area (Å²) in [5.74, 6) is 0.541. The SMILES string of the molecule is CCC(C)C(C)Nc1ncnc(OC)c1[N+](=O)[O-]. The number of hydrogen-bond acceptors (Lipinski definition) is 6. The van der Waals surface area contributed by atoms with Crippen molar-refractivity contribution in [2.75, 3.05) is 12.4 Å². The lowest BCUT2D eigenvalue weighted by atomic mass is 10.0. The van der Waals surface area contributed by atoms with Crippen molar-refractivity contribution in [1.82, 2.24) is 9.97 Å². The first-order valence-electron chi connectivity index (χ1n) is 5.81. The van der Waals surface area contributed by atoms with Crippen molar-refractivity contribution < 1.29 is 9.66 Å². The molecule has 0 saturated heterocycles. The lowest BCUT2D eigenvalue weighted by molar-refractivity contribution is -0.385. The number of nitro groups is 1. The van der Waals surface area contributed by atoms with Gasteiger partial charge in [-0.05, 0) is 12.8 Å². The number of methoxy groups -OCH3 is 1. The average Bonchev–Trinajstić information content (AvgIpc) is 2.36. The van der Waals surface area contributed by atoms with Crippen molar-refractivity contribution in [1.29, 1.82) is 0 Å². The summed E-state index contributed by atoms with van der Waals surface area (Å²) in [4.78, 5) is 18.1. The van der Waals surface area contributed by atoms with Crippen LogP contribution in [0.1, 0.15) is 27.2 Å². The Hall–Kier alpha value is -1.92. The third-order valence-electron chi connectivity index (χ3n) is 3.03. The Kier molecular flexibility index (Phi) is 4.82. The molecular weight excluding hydrogens is 236 g/mol. The van der Waals surface area contributed by atoms with Crippen LogP contribution in [0.4, 0.5) is 11.5 Å². The number of anilines is 1. The zero-order valence-corrected chi connectivity index (χ0v) is 11.0. The lowest BCUT2D eigenvalue weighted by Crippen LogP contribution is -2.24. The predicted molar refractivity (Wildman–Crippen MR) is 67.8 cm³/mol. The molecule has 18 heavy (non-hydrogen) atoms. The molecule has 0 saturated carbocycles. The average molecular weight is 254 g/mol. The fourth-order valence-corrected chi connectivity index (χ4v) is 1.49. The van der Waals surface area contributed by atoms with Crippen LogP contribution in [0.25, 0.3) is 0 Å². The third kappa shape index (κ3) is 3.06. The third-order valence-corrected chi connectivity index (χ3v) is 3.03. The van der Waals surface area contributed by atoms with Gasteiger partial charge in [0.2, 0.25) is 5.82 Å². The second kappa shape index (κ2) is 6.13. The molecule has 1 rings (SSSR count). The molecule has 1 heterocycles. The molecule has 2 unspecified atom stereocenters. The normalized spacial score (nSPS) is 13.8. The summed E-state index contributed by atoms with van der Waals surface area (Å²) in [5, 5.41) is 14.1. The van der Waals surface area contributed by atoms with Crippen LogP contribution in [-0.2, 0) is 0 Å². The number of nitrogens with zero attached hydrogens (tertiary/aromatic N) is 3. The second-order valence-electron chi connectivity index (χ2n) is 4.16. The van der Waals surface area contributed by atoms with Crippen LogP contribution in [0.3, 0.4) is 0 Å². The Morgan fingerprint density at radius 3 is 2.67 bits per heavy atom. The Labute approximate surface area is 106 Å². The Balaban J connectivity index is 3.05. The largest absolute Gasteiger partial charge is 0.476 e. The Morgan fingerprint density at radius 2 is 2.17 bits per heavy atom. The van der Waals surface area contributed by atoms with Gasteiger partial charge >= 0.3 is 5.69 Å². The maximum Gasteiger partial charge on any atom is 0.372 e. The van der Waals surface area contributed by atoms with E-state index in [1.165, 1.54) is 13.4 Å². The van der Waals surface area contributed by atoms with Crippen molar-refractivity contribution in [3.8, 4) is 5.88 Å². The van der Waals surface area contributed by atoms with Gasteiger partial charge in [0.1, 0.15) is 6.33 Å². The van der Waals surface area contributed by atoms with E-state index >= 15 is 0 Å². The fraction of sp³-hybridized carbons (Fsp3) is 0.636. The number of aromatic nitrogens is 2. The summed E-state index contributed by atoms with van der Waals surface area (Å²) in [6, 6.07) is 0.0771. The summed E-state index contributed by atoms with van der Waals surface area (Å²) in [5.41, 5.74) is -0.227. The molecule has 2 atom stereocenters. The molecule has 100 valence electrons. The molecule has 0 bridgehead atoms. The number of ether oxygens (including phenoxy) is 1. The molecule has 0 aliphatic heterocycles. The highest BCUT2D eigenvalue weighted by molar-refractivity contribution is 5.61. The first-order valence-corrected chi connectivity index (χ1v) is 5.81. The van der Waals surface area contributed by atoms with Gasteiger partial charge in [0.05, 0.1) is 12.0 Å². The molecular formula is C11H18N4O3. The highest BCUT2D eigenvalue weighted by atomic mass is 16.6. The summed E-state index contributed by atoms with van der Waals surface area (Å²) in [6.07, 6.45) is 2.22. The summed E-state index contributed by atoms with van der Waals surface area (Å²) < 4.78 is 4.88. The van der Waals surface area contributed by atoms with E-state index in [1.807, 2.05) is 6.92 Å². The number of hydrogen-bond donors (Lipinski definition) is 1. The van der Waals surface area contributed by atoms with Crippen LogP contribution < -0.4 is 10.1 Å². The minimum absolute atomic E-state index is 0.0335. The van der Waals surface area contributed by atoms with Gasteiger partial charge in [-0.3, -0.25) is 10.1 Å². The van der Waals surface area contributed by atoms with Crippen LogP contribution in [0, 0.1) is 16.0 Å². The number of rotatable bonds is 6. The van der Waals surface area contributed by atoms with Crippen molar-refractivity contribution >= 4 is 11.5 Å². The molecule has 0 amide bonds. The monoisotopic (exact) mass is 254 g/mol. The molecule has 7 heteroatoms. The van der Waals surface area contributed by atoms with E-state index in [-0.39, 0.29) is 23.4 Å². The Bertz CT molecular complexity index is 425. The van der Waals surface area contributed by atoms with E-state index in [2.05, 4.69) is 29.1 Å². The zero-order chi connectivity index (χ0) is 13.7. The van der Waals surface area contributed by atoms with E-state index in [0.29, 0.717) is 5.92 Å².